The predicted octanol–water partition coefficient (Wildman–Crippen LogP) is 1.50. The highest BCUT2D eigenvalue weighted by molar-refractivity contribution is 5.81. The van der Waals surface area contributed by atoms with Crippen LogP contribution in [0.25, 0.3) is 10.9 Å². The Morgan fingerprint density at radius 3 is 2.95 bits per heavy atom. The number of para-hydroxylation sites is 1. The molecule has 1 aromatic carbocycles. The lowest BCUT2D eigenvalue weighted by atomic mass is 10.1. The number of amidine groups is 1. The monoisotopic (exact) mass is 258 g/mol. The number of pyridine rings is 1. The van der Waals surface area contributed by atoms with E-state index in [0.717, 1.165) is 23.9 Å². The molecular formula is C14H18N4O. The molecule has 0 spiro atoms. The molecule has 5 heteroatoms. The zero-order chi connectivity index (χ0) is 13.5. The minimum Gasteiger partial charge on any atom is -0.409 e. The van der Waals surface area contributed by atoms with Gasteiger partial charge in [-0.1, -0.05) is 29.4 Å². The summed E-state index contributed by atoms with van der Waals surface area (Å²) in [6, 6.07) is 10.2. The fourth-order valence-corrected chi connectivity index (χ4v) is 1.98. The summed E-state index contributed by atoms with van der Waals surface area (Å²) in [7, 11) is 0. The van der Waals surface area contributed by atoms with Crippen LogP contribution in [-0.2, 0) is 6.42 Å². The second-order valence-electron chi connectivity index (χ2n) is 4.33. The number of nitrogens with two attached hydrogens (primary N) is 1. The molecule has 0 fully saturated rings. The Hall–Kier alpha value is -2.14. The van der Waals surface area contributed by atoms with E-state index in [-0.39, 0.29) is 5.84 Å². The summed E-state index contributed by atoms with van der Waals surface area (Å²) in [6.45, 7) is 1.54. The van der Waals surface area contributed by atoms with Crippen LogP contribution < -0.4 is 11.1 Å². The van der Waals surface area contributed by atoms with Gasteiger partial charge >= 0.3 is 0 Å². The molecule has 19 heavy (non-hydrogen) atoms. The molecule has 0 aliphatic rings. The van der Waals surface area contributed by atoms with Gasteiger partial charge in [0.05, 0.1) is 5.52 Å². The summed E-state index contributed by atoms with van der Waals surface area (Å²) in [6.07, 6.45) is 3.27. The normalized spacial score (nSPS) is 11.9. The topological polar surface area (TPSA) is 83.5 Å². The molecule has 4 N–H and O–H groups in total. The van der Waals surface area contributed by atoms with Crippen molar-refractivity contribution in [2.45, 2.75) is 12.8 Å². The molecule has 0 bridgehead atoms. The molecule has 2 aromatic rings. The van der Waals surface area contributed by atoms with E-state index >= 15 is 0 Å². The van der Waals surface area contributed by atoms with Crippen molar-refractivity contribution in [1.29, 1.82) is 0 Å². The zero-order valence-electron chi connectivity index (χ0n) is 10.7. The van der Waals surface area contributed by atoms with E-state index in [1.165, 1.54) is 5.56 Å². The number of rotatable bonds is 6. The van der Waals surface area contributed by atoms with E-state index in [1.54, 1.807) is 0 Å². The average Bonchev–Trinajstić information content (AvgIpc) is 2.46. The van der Waals surface area contributed by atoms with Gasteiger partial charge < -0.3 is 16.3 Å². The maximum Gasteiger partial charge on any atom is 0.140 e. The van der Waals surface area contributed by atoms with Crippen LogP contribution in [0.4, 0.5) is 0 Å². The smallest absolute Gasteiger partial charge is 0.140 e. The van der Waals surface area contributed by atoms with Crippen molar-refractivity contribution >= 4 is 16.7 Å². The molecule has 0 atom stereocenters. The van der Waals surface area contributed by atoms with Crippen LogP contribution in [0.2, 0.25) is 0 Å². The van der Waals surface area contributed by atoms with Gasteiger partial charge in [0.15, 0.2) is 0 Å². The van der Waals surface area contributed by atoms with Crippen LogP contribution in [-0.4, -0.2) is 29.1 Å². The third-order valence-electron chi connectivity index (χ3n) is 2.97. The van der Waals surface area contributed by atoms with Gasteiger partial charge in [-0.3, -0.25) is 4.98 Å². The van der Waals surface area contributed by atoms with Crippen molar-refractivity contribution in [2.24, 2.45) is 10.9 Å². The second kappa shape index (κ2) is 6.70. The highest BCUT2D eigenvalue weighted by Crippen LogP contribution is 2.15. The average molecular weight is 258 g/mol. The zero-order valence-corrected chi connectivity index (χ0v) is 10.7. The van der Waals surface area contributed by atoms with Crippen LogP contribution in [0.3, 0.4) is 0 Å². The lowest BCUT2D eigenvalue weighted by molar-refractivity contribution is 0.316. The number of hydrogen-bond donors (Lipinski definition) is 3. The summed E-state index contributed by atoms with van der Waals surface area (Å²) in [5.74, 6) is 0.249. The molecule has 1 heterocycles. The fourth-order valence-electron chi connectivity index (χ4n) is 1.98. The number of oxime groups is 1. The molecule has 5 nitrogen and oxygen atoms in total. The van der Waals surface area contributed by atoms with E-state index in [4.69, 9.17) is 10.9 Å². The first kappa shape index (κ1) is 13.3. The second-order valence-corrected chi connectivity index (χ2v) is 4.33. The molecule has 100 valence electrons. The van der Waals surface area contributed by atoms with Crippen molar-refractivity contribution in [1.82, 2.24) is 10.3 Å². The first-order valence-corrected chi connectivity index (χ1v) is 6.31. The highest BCUT2D eigenvalue weighted by atomic mass is 16.4. The van der Waals surface area contributed by atoms with Crippen molar-refractivity contribution in [2.75, 3.05) is 13.1 Å². The number of nitrogens with zero attached hydrogens (tertiary/aromatic N) is 2. The number of aromatic nitrogens is 1. The summed E-state index contributed by atoms with van der Waals surface area (Å²) >= 11 is 0. The summed E-state index contributed by atoms with van der Waals surface area (Å²) in [4.78, 5) is 4.42. The lowest BCUT2D eigenvalue weighted by Gasteiger charge is -2.07. The Morgan fingerprint density at radius 2 is 2.11 bits per heavy atom. The highest BCUT2D eigenvalue weighted by Gasteiger charge is 2.01. The van der Waals surface area contributed by atoms with E-state index in [9.17, 15) is 0 Å². The van der Waals surface area contributed by atoms with Crippen molar-refractivity contribution in [3.8, 4) is 0 Å². The van der Waals surface area contributed by atoms with Gasteiger partial charge in [0.25, 0.3) is 0 Å². The molecule has 0 amide bonds. The van der Waals surface area contributed by atoms with Crippen molar-refractivity contribution < 1.29 is 5.21 Å². The summed E-state index contributed by atoms with van der Waals surface area (Å²) in [5.41, 5.74) is 7.68. The molecule has 0 saturated carbocycles. The fraction of sp³-hybridized carbons (Fsp3) is 0.286. The van der Waals surface area contributed by atoms with Gasteiger partial charge in [0, 0.05) is 24.5 Å². The molecular weight excluding hydrogens is 240 g/mol. The maximum absolute atomic E-state index is 8.41. The molecule has 1 aromatic heterocycles. The molecule has 2 rings (SSSR count). The number of hydrogen-bond acceptors (Lipinski definition) is 4. The van der Waals surface area contributed by atoms with Gasteiger partial charge in [-0.25, -0.2) is 0 Å². The number of nitrogens with one attached hydrogen (secondary N) is 1. The lowest BCUT2D eigenvalue weighted by Crippen LogP contribution is -2.24. The molecule has 0 saturated heterocycles. The van der Waals surface area contributed by atoms with Crippen molar-refractivity contribution in [3.05, 3.63) is 42.1 Å². The first-order chi connectivity index (χ1) is 9.31. The first-order valence-electron chi connectivity index (χ1n) is 6.31. The third kappa shape index (κ3) is 3.66. The van der Waals surface area contributed by atoms with Crippen LogP contribution in [0.5, 0.6) is 0 Å². The minimum absolute atomic E-state index is 0.249. The molecule has 0 unspecified atom stereocenters. The standard InChI is InChI=1S/C14H18N4O/c15-13(18-19)7-10-16-9-6-12-4-1-3-11-5-2-8-17-14(11)12/h1-5,8,16,19H,6-7,9-10H2,(H2,15,18). The number of benzene rings is 1. The Bertz CT molecular complexity index is 563. The van der Waals surface area contributed by atoms with E-state index in [1.807, 2.05) is 12.3 Å². The molecule has 0 aliphatic carbocycles. The van der Waals surface area contributed by atoms with Gasteiger partial charge in [0.2, 0.25) is 0 Å². The molecule has 0 radical (unpaired) electrons. The van der Waals surface area contributed by atoms with Gasteiger partial charge in [-0.2, -0.15) is 0 Å². The van der Waals surface area contributed by atoms with Crippen LogP contribution in [0.1, 0.15) is 12.0 Å². The molecule has 0 aliphatic heterocycles. The van der Waals surface area contributed by atoms with Crippen LogP contribution in [0.15, 0.2) is 41.7 Å². The Labute approximate surface area is 112 Å². The van der Waals surface area contributed by atoms with E-state index in [0.29, 0.717) is 13.0 Å². The Morgan fingerprint density at radius 1 is 1.26 bits per heavy atom. The largest absolute Gasteiger partial charge is 0.409 e. The predicted molar refractivity (Wildman–Crippen MR) is 76.3 cm³/mol. The van der Waals surface area contributed by atoms with Crippen LogP contribution >= 0.6 is 0 Å². The Kier molecular flexibility index (Phi) is 4.69. The SMILES string of the molecule is N/C(CCNCCc1cccc2cccnc12)=N/O. The van der Waals surface area contributed by atoms with Gasteiger partial charge in [-0.05, 0) is 24.6 Å². The van der Waals surface area contributed by atoms with Crippen LogP contribution in [0, 0.1) is 0 Å². The van der Waals surface area contributed by atoms with Crippen molar-refractivity contribution in [3.63, 3.8) is 0 Å². The van der Waals surface area contributed by atoms with Gasteiger partial charge in [0.1, 0.15) is 5.84 Å². The minimum atomic E-state index is 0.249. The third-order valence-corrected chi connectivity index (χ3v) is 2.97. The van der Waals surface area contributed by atoms with Gasteiger partial charge in [-0.15, -0.1) is 0 Å². The summed E-state index contributed by atoms with van der Waals surface area (Å²) in [5, 5.41) is 15.8. The Balaban J connectivity index is 1.88. The van der Waals surface area contributed by atoms with E-state index < -0.39 is 0 Å². The number of fused-ring (bicyclic) bond motifs is 1. The quantitative estimate of drug-likeness (QED) is 0.241. The van der Waals surface area contributed by atoms with E-state index in [2.05, 4.69) is 39.7 Å². The summed E-state index contributed by atoms with van der Waals surface area (Å²) < 4.78 is 0. The maximum atomic E-state index is 8.41.